The van der Waals surface area contributed by atoms with Gasteiger partial charge in [0.1, 0.15) is 24.3 Å². The van der Waals surface area contributed by atoms with Gasteiger partial charge in [0.15, 0.2) is 0 Å². The van der Waals surface area contributed by atoms with E-state index in [0.29, 0.717) is 76.5 Å². The zero-order chi connectivity index (χ0) is 68.0. The van der Waals surface area contributed by atoms with Crippen LogP contribution >= 0.6 is 0 Å². The zero-order valence-corrected chi connectivity index (χ0v) is 56.3. The van der Waals surface area contributed by atoms with E-state index in [-0.39, 0.29) is 37.5 Å². The average molecular weight is 1270 g/mol. The second-order valence-electron chi connectivity index (χ2n) is 25.7. The third kappa shape index (κ3) is 29.5. The second-order valence-corrected chi connectivity index (χ2v) is 25.7. The van der Waals surface area contributed by atoms with Gasteiger partial charge in [0.2, 0.25) is 35.4 Å². The van der Waals surface area contributed by atoms with Crippen LogP contribution in [0.5, 0.6) is 0 Å². The number of carbonyl (C=O) groups is 6. The fourth-order valence-corrected chi connectivity index (χ4v) is 11.9. The molecule has 92 heavy (non-hydrogen) atoms. The molecule has 0 aromatic heterocycles. The normalized spacial score (nSPS) is 17.3. The standard InChI is InChI=1S/2C37H56N4O5/c1-7-10-21-32(42)35(44)31(25-29-19-15-12-16-20-29)38-37(46)34(27(4)8-2)39-36(45)30(24-28-17-13-11-14-18-28)26-33(43)41(6)23-22-40(5)9-3;1-6-9-20-32(42)35(44)31(25-29-18-14-11-15-19-29)39-37(46)34(27(4)8-3)40-36(45)30(24-28-16-12-10-13-17-28)26-33(43)41(5)23-22-38-21-7-2/h1-2,11,13-14,17-18,27,29-32,34-35,42,44H,9-10,12,15-16,19-26H2,3-6H3,(H,38,46)(H,39,45);1,3,10,12-13,16-17,27,29-32,34-35,38,42,44H,7,9,11,14-15,18-26H2,2,4-5H3,(H,39,46)(H,40,45)/t2*27?,30-,31+,32+,34+,35-/m11/s1. The van der Waals surface area contributed by atoms with Crippen LogP contribution in [-0.2, 0) is 41.6 Å². The fraction of sp³-hybridized carbons (Fsp3) is 0.649. The van der Waals surface area contributed by atoms with E-state index in [9.17, 15) is 49.2 Å². The van der Waals surface area contributed by atoms with Gasteiger partial charge in [0.05, 0.1) is 36.1 Å². The highest BCUT2D eigenvalue weighted by molar-refractivity contribution is 5.92. The Morgan fingerprint density at radius 2 is 0.924 bits per heavy atom. The molecule has 2 saturated carbocycles. The predicted molar refractivity (Wildman–Crippen MR) is 364 cm³/mol. The van der Waals surface area contributed by atoms with Crippen LogP contribution < -0.4 is 26.6 Å². The van der Waals surface area contributed by atoms with Crippen LogP contribution in [0, 0.1) is 84.9 Å². The van der Waals surface area contributed by atoms with Crippen molar-refractivity contribution in [2.45, 2.75) is 211 Å². The monoisotopic (exact) mass is 1270 g/mol. The number of carbonyl (C=O) groups excluding carboxylic acids is 6. The van der Waals surface area contributed by atoms with Crippen molar-refractivity contribution in [3.63, 3.8) is 0 Å². The van der Waals surface area contributed by atoms with Gasteiger partial charge in [-0.25, -0.2) is 0 Å². The number of benzene rings is 2. The first kappa shape index (κ1) is 79.5. The highest BCUT2D eigenvalue weighted by Gasteiger charge is 2.38. The Hall–Kier alpha value is -6.74. The molecule has 0 saturated heterocycles. The zero-order valence-electron chi connectivity index (χ0n) is 56.3. The number of nitrogens with zero attached hydrogens (tertiary/aromatic N) is 3. The summed E-state index contributed by atoms with van der Waals surface area (Å²) in [6.45, 7) is 11.6. The summed E-state index contributed by atoms with van der Waals surface area (Å²) < 4.78 is 0. The molecular weight excluding hydrogens is 1160 g/mol. The molecule has 12 atom stereocenters. The Labute approximate surface area is 551 Å². The SMILES string of the molecule is C#CCC[C@H](O)[C@H](O)[C@H](CC1CCCCC1)NC(=O)[C@@H](NC(=O)[C@@H](CC(=O)N(C)CCN(C)CC)Cc1ccccc1)C(C)C#C.C#CCC[C@H](O)[C@H](O)[C@H](CC1CCCCC1)NC(=O)[C@@H](NC(=O)[C@@H](CC(=O)N(C)CCNCCC)Cc1ccccc1)C(C)C#C. The van der Waals surface area contributed by atoms with Crippen LogP contribution in [0.4, 0.5) is 0 Å². The van der Waals surface area contributed by atoms with Gasteiger partial charge >= 0.3 is 0 Å². The number of hydrogen-bond acceptors (Lipinski definition) is 12. The van der Waals surface area contributed by atoms with Crippen molar-refractivity contribution in [1.82, 2.24) is 41.3 Å². The molecule has 2 aliphatic rings. The minimum absolute atomic E-state index is 0.0315. The van der Waals surface area contributed by atoms with E-state index in [4.69, 9.17) is 25.7 Å². The van der Waals surface area contributed by atoms with E-state index in [2.05, 4.69) is 62.1 Å². The summed E-state index contributed by atoms with van der Waals surface area (Å²) in [6.07, 6.45) is 31.7. The lowest BCUT2D eigenvalue weighted by Gasteiger charge is -2.34. The van der Waals surface area contributed by atoms with Gasteiger partial charge in [-0.15, -0.1) is 49.4 Å². The molecule has 18 nitrogen and oxygen atoms in total. The summed E-state index contributed by atoms with van der Waals surface area (Å²) >= 11 is 0. The smallest absolute Gasteiger partial charge is 0.244 e. The summed E-state index contributed by atoms with van der Waals surface area (Å²) in [7, 11) is 5.44. The Morgan fingerprint density at radius 3 is 1.28 bits per heavy atom. The van der Waals surface area contributed by atoms with E-state index in [0.717, 1.165) is 94.8 Å². The number of rotatable bonds is 39. The molecule has 2 aromatic carbocycles. The number of nitrogens with one attached hydrogen (secondary N) is 5. The molecule has 508 valence electrons. The predicted octanol–water partition coefficient (Wildman–Crippen LogP) is 6.03. The van der Waals surface area contributed by atoms with Crippen LogP contribution in [0.2, 0.25) is 0 Å². The number of aliphatic hydroxyl groups excluding tert-OH is 4. The summed E-state index contributed by atoms with van der Waals surface area (Å²) in [5.41, 5.74) is 1.79. The Morgan fingerprint density at radius 1 is 0.533 bits per heavy atom. The van der Waals surface area contributed by atoms with Crippen LogP contribution in [0.25, 0.3) is 0 Å². The average Bonchev–Trinajstić information content (AvgIpc) is 1.24. The van der Waals surface area contributed by atoms with Crippen molar-refractivity contribution in [2.24, 2.45) is 35.5 Å². The van der Waals surface area contributed by atoms with E-state index in [1.165, 1.54) is 0 Å². The molecule has 0 spiro atoms. The lowest BCUT2D eigenvalue weighted by molar-refractivity contribution is -0.137. The Kier molecular flexibility index (Phi) is 38.7. The molecule has 0 bridgehead atoms. The Balaban J connectivity index is 0.000000480. The maximum absolute atomic E-state index is 13.9. The summed E-state index contributed by atoms with van der Waals surface area (Å²) in [6, 6.07) is 15.2. The maximum atomic E-state index is 13.9. The topological polar surface area (TPSA) is 253 Å². The molecule has 9 N–H and O–H groups in total. The molecule has 0 aliphatic heterocycles. The molecule has 6 amide bonds. The number of aliphatic hydroxyl groups is 4. The molecule has 2 aromatic rings. The first-order valence-electron chi connectivity index (χ1n) is 33.8. The Bertz CT molecular complexity index is 2660. The van der Waals surface area contributed by atoms with Crippen molar-refractivity contribution in [3.05, 3.63) is 71.8 Å². The van der Waals surface area contributed by atoms with Gasteiger partial charge in [-0.2, -0.15) is 0 Å². The largest absolute Gasteiger partial charge is 0.390 e. The number of amides is 6. The summed E-state index contributed by atoms with van der Waals surface area (Å²) in [5.74, 6) is 5.57. The molecular formula is C74H112N8O10. The highest BCUT2D eigenvalue weighted by atomic mass is 16.3. The van der Waals surface area contributed by atoms with Gasteiger partial charge in [-0.1, -0.05) is 139 Å². The number of likely N-dealkylation sites (N-methyl/N-ethyl adjacent to an activating group) is 3. The van der Waals surface area contributed by atoms with Crippen LogP contribution in [0.3, 0.4) is 0 Å². The number of terminal acetylenes is 4. The van der Waals surface area contributed by atoms with E-state index in [1.54, 1.807) is 37.7 Å². The molecule has 0 radical (unpaired) electrons. The molecule has 2 unspecified atom stereocenters. The van der Waals surface area contributed by atoms with Gasteiger partial charge < -0.3 is 61.7 Å². The first-order chi connectivity index (χ1) is 44.1. The summed E-state index contributed by atoms with van der Waals surface area (Å²) in [5, 5.41) is 58.5. The van der Waals surface area contributed by atoms with Crippen LogP contribution in [0.15, 0.2) is 60.7 Å². The molecule has 2 fully saturated rings. The quantitative estimate of drug-likeness (QED) is 0.0275. The first-order valence-corrected chi connectivity index (χ1v) is 33.8. The maximum Gasteiger partial charge on any atom is 0.244 e. The summed E-state index contributed by atoms with van der Waals surface area (Å²) in [4.78, 5) is 87.2. The third-order valence-corrected chi connectivity index (χ3v) is 18.2. The number of hydrogen-bond donors (Lipinski definition) is 9. The minimum Gasteiger partial charge on any atom is -0.390 e. The van der Waals surface area contributed by atoms with Gasteiger partial charge in [-0.05, 0) is 102 Å². The lowest BCUT2D eigenvalue weighted by atomic mass is 9.82. The molecule has 4 rings (SSSR count). The van der Waals surface area contributed by atoms with Crippen LogP contribution in [0.1, 0.15) is 161 Å². The highest BCUT2D eigenvalue weighted by Crippen LogP contribution is 2.31. The van der Waals surface area contributed by atoms with Crippen LogP contribution in [-0.4, -0.2) is 180 Å². The van der Waals surface area contributed by atoms with Crippen molar-refractivity contribution >= 4 is 35.4 Å². The molecule has 2 aliphatic carbocycles. The van der Waals surface area contributed by atoms with Crippen molar-refractivity contribution in [2.75, 3.05) is 60.4 Å². The minimum atomic E-state index is -1.23. The van der Waals surface area contributed by atoms with E-state index >= 15 is 0 Å². The van der Waals surface area contributed by atoms with E-state index in [1.807, 2.05) is 74.6 Å². The lowest BCUT2D eigenvalue weighted by Crippen LogP contribution is -2.57. The van der Waals surface area contributed by atoms with Crippen molar-refractivity contribution < 1.29 is 49.2 Å². The molecule has 18 heteroatoms. The van der Waals surface area contributed by atoms with Crippen molar-refractivity contribution in [1.29, 1.82) is 0 Å². The van der Waals surface area contributed by atoms with Gasteiger partial charge in [0.25, 0.3) is 0 Å². The van der Waals surface area contributed by atoms with Gasteiger partial charge in [-0.3, -0.25) is 28.8 Å². The molecule has 0 heterocycles. The fourth-order valence-electron chi connectivity index (χ4n) is 11.9. The third-order valence-electron chi connectivity index (χ3n) is 18.2. The second kappa shape index (κ2) is 44.7. The van der Waals surface area contributed by atoms with E-state index < -0.39 is 95.9 Å². The van der Waals surface area contributed by atoms with Gasteiger partial charge in [0, 0.05) is 77.8 Å². The van der Waals surface area contributed by atoms with Crippen molar-refractivity contribution in [3.8, 4) is 49.4 Å².